The number of para-hydroxylation sites is 1. The van der Waals surface area contributed by atoms with Gasteiger partial charge in [-0.3, -0.25) is 0 Å². The van der Waals surface area contributed by atoms with Gasteiger partial charge < -0.3 is 10.1 Å². The van der Waals surface area contributed by atoms with Crippen molar-refractivity contribution in [3.05, 3.63) is 36.4 Å². The SMILES string of the molecule is ClCCOCCCNc1ccc2ccccc2n1. The zero-order valence-electron chi connectivity index (χ0n) is 10.2. The van der Waals surface area contributed by atoms with Gasteiger partial charge in [0.2, 0.25) is 0 Å². The highest BCUT2D eigenvalue weighted by molar-refractivity contribution is 6.17. The molecular formula is C14H17ClN2O. The third-order valence-corrected chi connectivity index (χ3v) is 2.75. The van der Waals surface area contributed by atoms with Crippen molar-refractivity contribution in [3.63, 3.8) is 0 Å². The molecule has 1 aromatic carbocycles. The van der Waals surface area contributed by atoms with Crippen LogP contribution in [0.2, 0.25) is 0 Å². The normalized spacial score (nSPS) is 10.7. The molecule has 0 aliphatic rings. The molecule has 1 N–H and O–H groups in total. The summed E-state index contributed by atoms with van der Waals surface area (Å²) in [6, 6.07) is 12.2. The van der Waals surface area contributed by atoms with Crippen molar-refractivity contribution < 1.29 is 4.74 Å². The Balaban J connectivity index is 1.81. The maximum Gasteiger partial charge on any atom is 0.126 e. The largest absolute Gasteiger partial charge is 0.380 e. The summed E-state index contributed by atoms with van der Waals surface area (Å²) < 4.78 is 5.30. The van der Waals surface area contributed by atoms with Gasteiger partial charge >= 0.3 is 0 Å². The lowest BCUT2D eigenvalue weighted by molar-refractivity contribution is 0.149. The summed E-state index contributed by atoms with van der Waals surface area (Å²) in [6.07, 6.45) is 0.950. The Bertz CT molecular complexity index is 490. The van der Waals surface area contributed by atoms with Crippen LogP contribution in [0.5, 0.6) is 0 Å². The first-order chi connectivity index (χ1) is 8.90. The Morgan fingerprint density at radius 2 is 2.00 bits per heavy atom. The second-order valence-corrected chi connectivity index (χ2v) is 4.35. The Labute approximate surface area is 112 Å². The van der Waals surface area contributed by atoms with E-state index in [4.69, 9.17) is 16.3 Å². The number of benzene rings is 1. The second kappa shape index (κ2) is 7.19. The fourth-order valence-electron chi connectivity index (χ4n) is 1.71. The zero-order valence-corrected chi connectivity index (χ0v) is 11.0. The van der Waals surface area contributed by atoms with Crippen molar-refractivity contribution in [3.8, 4) is 0 Å². The van der Waals surface area contributed by atoms with Crippen LogP contribution in [0.3, 0.4) is 0 Å². The number of hydrogen-bond donors (Lipinski definition) is 1. The zero-order chi connectivity index (χ0) is 12.6. The molecule has 4 heteroatoms. The highest BCUT2D eigenvalue weighted by Crippen LogP contribution is 2.14. The van der Waals surface area contributed by atoms with Crippen molar-refractivity contribution in [1.82, 2.24) is 4.98 Å². The van der Waals surface area contributed by atoms with E-state index >= 15 is 0 Å². The van der Waals surface area contributed by atoms with Crippen molar-refractivity contribution >= 4 is 28.3 Å². The number of ether oxygens (including phenoxy) is 1. The monoisotopic (exact) mass is 264 g/mol. The number of fused-ring (bicyclic) bond motifs is 1. The summed E-state index contributed by atoms with van der Waals surface area (Å²) >= 11 is 5.52. The minimum absolute atomic E-state index is 0.555. The Hall–Kier alpha value is -1.32. The number of pyridine rings is 1. The summed E-state index contributed by atoms with van der Waals surface area (Å²) in [5.74, 6) is 1.46. The molecule has 0 amide bonds. The van der Waals surface area contributed by atoms with Gasteiger partial charge in [-0.1, -0.05) is 18.2 Å². The summed E-state index contributed by atoms with van der Waals surface area (Å²) in [6.45, 7) is 2.21. The molecule has 96 valence electrons. The fraction of sp³-hybridized carbons (Fsp3) is 0.357. The number of anilines is 1. The standard InChI is InChI=1S/C14H17ClN2O/c15-8-11-18-10-3-9-16-14-7-6-12-4-1-2-5-13(12)17-14/h1-2,4-7H,3,8-11H2,(H,16,17). The van der Waals surface area contributed by atoms with Crippen LogP contribution in [0.4, 0.5) is 5.82 Å². The predicted molar refractivity (Wildman–Crippen MR) is 76.4 cm³/mol. The van der Waals surface area contributed by atoms with Gasteiger partial charge in [-0.2, -0.15) is 0 Å². The van der Waals surface area contributed by atoms with Crippen molar-refractivity contribution in [1.29, 1.82) is 0 Å². The van der Waals surface area contributed by atoms with Crippen LogP contribution in [0.15, 0.2) is 36.4 Å². The molecule has 2 rings (SSSR count). The minimum atomic E-state index is 0.555. The van der Waals surface area contributed by atoms with Crippen molar-refractivity contribution in [2.24, 2.45) is 0 Å². The van der Waals surface area contributed by atoms with E-state index in [1.807, 2.05) is 24.3 Å². The lowest BCUT2D eigenvalue weighted by Crippen LogP contribution is -2.07. The average Bonchev–Trinajstić information content (AvgIpc) is 2.42. The molecule has 3 nitrogen and oxygen atoms in total. The van der Waals surface area contributed by atoms with Crippen LogP contribution >= 0.6 is 11.6 Å². The number of halogens is 1. The highest BCUT2D eigenvalue weighted by Gasteiger charge is 1.96. The quantitative estimate of drug-likeness (QED) is 0.616. The molecule has 0 aliphatic carbocycles. The van der Waals surface area contributed by atoms with Gasteiger partial charge in [0.15, 0.2) is 0 Å². The molecule has 1 aromatic heterocycles. The molecule has 18 heavy (non-hydrogen) atoms. The van der Waals surface area contributed by atoms with Crippen molar-refractivity contribution in [2.75, 3.05) is 31.0 Å². The Kier molecular flexibility index (Phi) is 5.24. The van der Waals surface area contributed by atoms with Gasteiger partial charge in [-0.05, 0) is 24.6 Å². The van der Waals surface area contributed by atoms with Crippen LogP contribution in [0.1, 0.15) is 6.42 Å². The molecular weight excluding hydrogens is 248 g/mol. The van der Waals surface area contributed by atoms with E-state index in [-0.39, 0.29) is 0 Å². The molecule has 0 saturated heterocycles. The van der Waals surface area contributed by atoms with E-state index < -0.39 is 0 Å². The summed E-state index contributed by atoms with van der Waals surface area (Å²) in [4.78, 5) is 4.54. The maximum absolute atomic E-state index is 5.52. The third kappa shape index (κ3) is 3.86. The van der Waals surface area contributed by atoms with Crippen LogP contribution in [-0.2, 0) is 4.74 Å². The van der Waals surface area contributed by atoms with E-state index in [9.17, 15) is 0 Å². The summed E-state index contributed by atoms with van der Waals surface area (Å²) in [5.41, 5.74) is 1.01. The first kappa shape index (κ1) is 13.1. The molecule has 0 saturated carbocycles. The molecule has 0 radical (unpaired) electrons. The molecule has 0 aliphatic heterocycles. The van der Waals surface area contributed by atoms with Gasteiger partial charge in [0.1, 0.15) is 5.82 Å². The topological polar surface area (TPSA) is 34.1 Å². The predicted octanol–water partition coefficient (Wildman–Crippen LogP) is 3.29. The Morgan fingerprint density at radius 1 is 1.11 bits per heavy atom. The van der Waals surface area contributed by atoms with Gasteiger partial charge in [-0.15, -0.1) is 11.6 Å². The van der Waals surface area contributed by atoms with Crippen LogP contribution < -0.4 is 5.32 Å². The number of alkyl halides is 1. The van der Waals surface area contributed by atoms with Crippen LogP contribution in [-0.4, -0.2) is 30.6 Å². The number of hydrogen-bond acceptors (Lipinski definition) is 3. The fourth-order valence-corrected chi connectivity index (χ4v) is 1.82. The van der Waals surface area contributed by atoms with E-state index in [2.05, 4.69) is 22.4 Å². The lowest BCUT2D eigenvalue weighted by atomic mass is 10.2. The molecule has 1 heterocycles. The molecule has 2 aromatic rings. The Morgan fingerprint density at radius 3 is 2.89 bits per heavy atom. The van der Waals surface area contributed by atoms with Crippen molar-refractivity contribution in [2.45, 2.75) is 6.42 Å². The van der Waals surface area contributed by atoms with Gasteiger partial charge in [-0.25, -0.2) is 4.98 Å². The maximum atomic E-state index is 5.52. The first-order valence-corrected chi connectivity index (χ1v) is 6.67. The van der Waals surface area contributed by atoms with E-state index in [1.165, 1.54) is 0 Å². The van der Waals surface area contributed by atoms with E-state index in [0.29, 0.717) is 12.5 Å². The molecule has 0 atom stereocenters. The molecule has 0 fully saturated rings. The van der Waals surface area contributed by atoms with Crippen LogP contribution in [0.25, 0.3) is 10.9 Å². The van der Waals surface area contributed by atoms with Gasteiger partial charge in [0, 0.05) is 24.4 Å². The smallest absolute Gasteiger partial charge is 0.126 e. The average molecular weight is 265 g/mol. The third-order valence-electron chi connectivity index (χ3n) is 2.59. The van der Waals surface area contributed by atoms with Crippen LogP contribution in [0, 0.1) is 0 Å². The van der Waals surface area contributed by atoms with E-state index in [1.54, 1.807) is 0 Å². The number of nitrogens with zero attached hydrogens (tertiary/aromatic N) is 1. The number of rotatable bonds is 7. The first-order valence-electron chi connectivity index (χ1n) is 6.13. The number of aromatic nitrogens is 1. The summed E-state index contributed by atoms with van der Waals surface area (Å²) in [5, 5.41) is 4.45. The molecule has 0 spiro atoms. The highest BCUT2D eigenvalue weighted by atomic mass is 35.5. The summed E-state index contributed by atoms with van der Waals surface area (Å²) in [7, 11) is 0. The molecule has 0 unspecified atom stereocenters. The second-order valence-electron chi connectivity index (χ2n) is 3.97. The van der Waals surface area contributed by atoms with Gasteiger partial charge in [0.25, 0.3) is 0 Å². The van der Waals surface area contributed by atoms with E-state index in [0.717, 1.165) is 36.3 Å². The van der Waals surface area contributed by atoms with Gasteiger partial charge in [0.05, 0.1) is 12.1 Å². The molecule has 0 bridgehead atoms. The number of nitrogens with one attached hydrogen (secondary N) is 1. The minimum Gasteiger partial charge on any atom is -0.380 e. The lowest BCUT2D eigenvalue weighted by Gasteiger charge is -2.06.